The van der Waals surface area contributed by atoms with E-state index in [1.807, 2.05) is 155 Å². The van der Waals surface area contributed by atoms with E-state index in [9.17, 15) is 38.4 Å². The van der Waals surface area contributed by atoms with Crippen molar-refractivity contribution in [3.8, 4) is 44.5 Å². The van der Waals surface area contributed by atoms with E-state index < -0.39 is 29.7 Å². The molecule has 4 aliphatic carbocycles. The zero-order chi connectivity index (χ0) is 90.1. The number of hydrogen-bond donors (Lipinski definition) is 4. The number of thiophene rings is 1. The number of dihydropyridines is 4. The molecule has 18 rings (SSSR count). The first-order chi connectivity index (χ1) is 61.8. The molecule has 128 heavy (non-hydrogen) atoms. The maximum absolute atomic E-state index is 13.5. The Hall–Kier alpha value is -12.9. The van der Waals surface area contributed by atoms with Crippen molar-refractivity contribution in [2.24, 2.45) is 10.8 Å². The van der Waals surface area contributed by atoms with Crippen molar-refractivity contribution >= 4 is 58.3 Å². The van der Waals surface area contributed by atoms with E-state index in [0.29, 0.717) is 84.3 Å². The molecule has 0 saturated carbocycles. The summed E-state index contributed by atoms with van der Waals surface area (Å²) in [6.07, 6.45) is 8.40. The molecule has 5 aliphatic heterocycles. The molecule has 0 spiro atoms. The van der Waals surface area contributed by atoms with Crippen molar-refractivity contribution in [3.63, 3.8) is 0 Å². The maximum Gasteiger partial charge on any atom is 0.336 e. The van der Waals surface area contributed by atoms with E-state index in [0.717, 1.165) is 163 Å². The van der Waals surface area contributed by atoms with Crippen LogP contribution in [-0.4, -0.2) is 87.2 Å². The molecule has 1 aromatic heterocycles. The van der Waals surface area contributed by atoms with Crippen LogP contribution in [0, 0.1) is 10.8 Å². The number of benzene rings is 8. The summed E-state index contributed by atoms with van der Waals surface area (Å²) in [6, 6.07) is 77.5. The summed E-state index contributed by atoms with van der Waals surface area (Å²) in [5.74, 6) is -2.64. The van der Waals surface area contributed by atoms with Gasteiger partial charge in [0.2, 0.25) is 0 Å². The van der Waals surface area contributed by atoms with Gasteiger partial charge in [0, 0.05) is 135 Å². The minimum absolute atomic E-state index is 0.0492. The predicted molar refractivity (Wildman–Crippen MR) is 501 cm³/mol. The molecule has 4 N–H and O–H groups in total. The Kier molecular flexibility index (Phi) is 27.8. The lowest BCUT2D eigenvalue weighted by molar-refractivity contribution is -0.143. The molecule has 0 radical (unpaired) electrons. The molecule has 656 valence electrons. The average molecular weight is 1730 g/mol. The third kappa shape index (κ3) is 19.6. The number of ether oxygens (including phenoxy) is 5. The number of Topliss-reactive ketones (excluding diaryl/α,β-unsaturated/α-hetero) is 4. The monoisotopic (exact) mass is 1730 g/mol. The number of esters is 4. The number of ketones is 4. The average Bonchev–Trinajstić information content (AvgIpc) is 0.810. The molecule has 6 unspecified atom stereocenters. The van der Waals surface area contributed by atoms with Crippen LogP contribution in [0.1, 0.15) is 196 Å². The predicted octanol–water partition coefficient (Wildman–Crippen LogP) is 22.0. The van der Waals surface area contributed by atoms with Gasteiger partial charge in [-0.05, 0) is 168 Å². The van der Waals surface area contributed by atoms with Crippen molar-refractivity contribution < 1.29 is 62.0 Å². The number of nitrogens with one attached hydrogen (secondary N) is 4. The molecule has 18 heteroatoms. The fraction of sp³-hybridized carbons (Fsp3) is 0.309. The van der Waals surface area contributed by atoms with Crippen molar-refractivity contribution in [1.29, 1.82) is 0 Å². The van der Waals surface area contributed by atoms with Crippen LogP contribution in [0.4, 0.5) is 0 Å². The van der Waals surface area contributed by atoms with E-state index in [1.54, 1.807) is 18.3 Å². The highest BCUT2D eigenvalue weighted by molar-refractivity contribution is 7.10. The summed E-state index contributed by atoms with van der Waals surface area (Å²) in [5, 5.41) is 15.6. The Labute approximate surface area is 754 Å². The van der Waals surface area contributed by atoms with Crippen molar-refractivity contribution in [2.75, 3.05) is 34.0 Å². The van der Waals surface area contributed by atoms with Crippen molar-refractivity contribution in [2.45, 2.75) is 175 Å². The Morgan fingerprint density at radius 2 is 0.766 bits per heavy atom. The summed E-state index contributed by atoms with van der Waals surface area (Å²) in [6.45, 7) is 19.2. The fourth-order valence-corrected chi connectivity index (χ4v) is 20.5. The normalized spacial score (nSPS) is 20.9. The van der Waals surface area contributed by atoms with Gasteiger partial charge in [0.15, 0.2) is 23.1 Å². The van der Waals surface area contributed by atoms with Gasteiger partial charge in [-0.15, -0.1) is 11.3 Å². The molecule has 8 aromatic carbocycles. The van der Waals surface area contributed by atoms with Crippen LogP contribution in [0.2, 0.25) is 0 Å². The molecule has 17 nitrogen and oxygen atoms in total. The van der Waals surface area contributed by atoms with Crippen LogP contribution in [0.15, 0.2) is 326 Å². The van der Waals surface area contributed by atoms with Crippen molar-refractivity contribution in [3.05, 3.63) is 353 Å². The minimum atomic E-state index is -0.448. The fourth-order valence-electron chi connectivity index (χ4n) is 19.6. The summed E-state index contributed by atoms with van der Waals surface area (Å²) in [4.78, 5) is 106. The first-order valence-corrected chi connectivity index (χ1v) is 45.5. The summed E-state index contributed by atoms with van der Waals surface area (Å²) >= 11 is 1.69. The smallest absolute Gasteiger partial charge is 0.336 e. The number of carbonyl (C=O) groups excluding carboxylic acids is 8. The second kappa shape index (κ2) is 39.6. The van der Waals surface area contributed by atoms with E-state index in [1.165, 1.54) is 19.1 Å². The van der Waals surface area contributed by atoms with Gasteiger partial charge in [0.1, 0.15) is 6.61 Å². The number of methoxy groups -OCH3 is 2. The number of rotatable bonds is 17. The van der Waals surface area contributed by atoms with E-state index in [4.69, 9.17) is 23.7 Å². The zero-order valence-electron chi connectivity index (χ0n) is 74.8. The lowest BCUT2D eigenvalue weighted by atomic mass is 9.68. The van der Waals surface area contributed by atoms with Gasteiger partial charge in [-0.25, -0.2) is 19.2 Å². The van der Waals surface area contributed by atoms with Gasteiger partial charge in [0.25, 0.3) is 0 Å². The molecule has 9 aliphatic rings. The van der Waals surface area contributed by atoms with Gasteiger partial charge >= 0.3 is 23.9 Å². The van der Waals surface area contributed by atoms with Crippen LogP contribution < -0.4 is 21.3 Å². The van der Waals surface area contributed by atoms with Crippen LogP contribution in [-0.2, 0) is 62.0 Å². The molecule has 1 saturated heterocycles. The van der Waals surface area contributed by atoms with Gasteiger partial charge in [-0.3, -0.25) is 19.2 Å². The third-order valence-corrected chi connectivity index (χ3v) is 26.7. The van der Waals surface area contributed by atoms with Gasteiger partial charge < -0.3 is 45.0 Å². The summed E-state index contributed by atoms with van der Waals surface area (Å²) in [5.41, 5.74) is 24.2. The first-order valence-electron chi connectivity index (χ1n) is 44.6. The Balaban J connectivity index is 0.000000132. The molecule has 9 aromatic rings. The number of carbonyl (C=O) groups is 8. The highest BCUT2D eigenvalue weighted by Crippen LogP contribution is 2.52. The minimum Gasteiger partial charge on any atom is -0.466 e. The Morgan fingerprint density at radius 3 is 1.14 bits per heavy atom. The lowest BCUT2D eigenvalue weighted by Crippen LogP contribution is -2.39. The quantitative estimate of drug-likeness (QED) is 0.0490. The second-order valence-electron chi connectivity index (χ2n) is 35.8. The molecule has 6 heterocycles. The van der Waals surface area contributed by atoms with E-state index >= 15 is 0 Å². The highest BCUT2D eigenvalue weighted by Gasteiger charge is 2.47. The van der Waals surface area contributed by atoms with Gasteiger partial charge in [-0.2, -0.15) is 0 Å². The van der Waals surface area contributed by atoms with E-state index in [-0.39, 0.29) is 70.4 Å². The molecular weight excluding hydrogens is 1620 g/mol. The van der Waals surface area contributed by atoms with Crippen LogP contribution in [0.3, 0.4) is 0 Å². The summed E-state index contributed by atoms with van der Waals surface area (Å²) < 4.78 is 27.0. The zero-order valence-corrected chi connectivity index (χ0v) is 75.6. The van der Waals surface area contributed by atoms with Crippen LogP contribution >= 0.6 is 11.3 Å². The lowest BCUT2D eigenvalue weighted by Gasteiger charge is -2.39. The van der Waals surface area contributed by atoms with E-state index in [2.05, 4.69) is 157 Å². The Bertz CT molecular complexity index is 5990. The second-order valence-corrected chi connectivity index (χ2v) is 36.7. The molecular formula is C110H112N4O13S. The van der Waals surface area contributed by atoms with Crippen molar-refractivity contribution in [1.82, 2.24) is 21.3 Å². The Morgan fingerprint density at radius 1 is 0.391 bits per heavy atom. The maximum atomic E-state index is 13.5. The molecule has 0 bridgehead atoms. The first kappa shape index (κ1) is 89.9. The largest absolute Gasteiger partial charge is 0.466 e. The highest BCUT2D eigenvalue weighted by atomic mass is 32.1. The molecule has 1 fully saturated rings. The topological polar surface area (TPSA) is 231 Å². The van der Waals surface area contributed by atoms with Crippen LogP contribution in [0.5, 0.6) is 0 Å². The van der Waals surface area contributed by atoms with Crippen LogP contribution in [0.25, 0.3) is 44.5 Å². The molecule has 0 amide bonds. The van der Waals surface area contributed by atoms with Gasteiger partial charge in [-0.1, -0.05) is 259 Å². The SMILES string of the molecule is CC1=C(C(=O)OCC2CCCO2)C(c2ccc(-c3ccccc3)cc2)C2=C(CC(C)(C)CC2=O)N1.CCOC(=O)C1=C(CC)NC2=C(C(=O)CCC2)C1c1ccc(-c2ccccc2)cc1.COC(=O)C1=C(C)NC2=C(C(=O)CC(C)(C)C2)C1c1ccc(-c2ccccc2)cc1.COC(=O)C1=C(C)NC2=C(C(=O)CC(c3cccs3)C2)C1c1ccc(-c2ccccc2)cc1. The van der Waals surface area contributed by atoms with Gasteiger partial charge in [0.05, 0.1) is 49.2 Å². The number of hydrogen-bond acceptors (Lipinski definition) is 18. The summed E-state index contributed by atoms with van der Waals surface area (Å²) in [7, 11) is 2.77. The number of allylic oxidation sites excluding steroid dienone is 12. The molecule has 6 atom stereocenters. The standard InChI is InChI=1S/C30H33NO4.C28H25NO3S.2C26H27NO3/c1-19-26(29(33)35-18-23-10-7-15-34-23)27(28-24(31-19)16-30(2,3)17-25(28)32)22-13-11-21(12-14-22)20-8-5-4-6-9-20;1-17-25(28(31)32-2)26(20-12-10-19(11-13-20)18-7-4-3-5-8-18)27-22(29-17)15-21(16-23(27)30)24-9-6-14-33-24;1-16-22(25(29)30-4)23(24-20(27-16)14-26(2,3)15-21(24)28)19-12-10-18(11-13-19)17-8-6-5-7-9-17;1-3-20-25(26(29)30-4-2)23(24-21(27-20)11-8-12-22(24)28)19-15-13-18(14-16-19)17-9-6-5-7-10-17/h4-6,8-9,11-14,23,27,31H,7,10,15-18H2,1-3H3;3-14,21,26,29H,15-16H2,1-2H3;5-13,23,27H,14-15H2,1-4H3;5-7,9-10,13-16,23,27H,3-4,8,11-12H2,1-2H3. The third-order valence-electron chi connectivity index (χ3n) is 25.6.